The zero-order chi connectivity index (χ0) is 11.5. The number of benzene rings is 1. The number of hydrogen-bond acceptors (Lipinski definition) is 2. The maximum atomic E-state index is 10.4. The number of carbonyl (C=O) groups is 1. The largest absolute Gasteiger partial charge is 0.326 e. The zero-order valence-corrected chi connectivity index (χ0v) is 9.51. The van der Waals surface area contributed by atoms with Crippen LogP contribution in [0.25, 0.3) is 11.3 Å². The van der Waals surface area contributed by atoms with Crippen molar-refractivity contribution in [2.45, 2.75) is 0 Å². The van der Waals surface area contributed by atoms with E-state index in [9.17, 15) is 4.79 Å². The van der Waals surface area contributed by atoms with Crippen LogP contribution in [0.1, 0.15) is 0 Å². The molecular formula is C10H7Cl2N3O. The summed E-state index contributed by atoms with van der Waals surface area (Å²) in [4.78, 5) is 10.4. The van der Waals surface area contributed by atoms with Gasteiger partial charge >= 0.3 is 0 Å². The number of aromatic amines is 1. The lowest BCUT2D eigenvalue weighted by molar-refractivity contribution is -0.105. The molecule has 0 aliphatic rings. The molecule has 0 aliphatic carbocycles. The third-order valence-corrected chi connectivity index (χ3v) is 2.60. The SMILES string of the molecule is O=CNc1c[nH]nc1-c1cc(Cl)ccc1Cl. The number of aromatic nitrogens is 2. The van der Waals surface area contributed by atoms with Gasteiger partial charge in [-0.3, -0.25) is 9.89 Å². The molecule has 1 amide bonds. The number of hydrogen-bond donors (Lipinski definition) is 2. The molecule has 2 rings (SSSR count). The van der Waals surface area contributed by atoms with Gasteiger partial charge in [-0.1, -0.05) is 23.2 Å². The van der Waals surface area contributed by atoms with E-state index in [1.54, 1.807) is 24.4 Å². The lowest BCUT2D eigenvalue weighted by atomic mass is 10.1. The molecule has 0 saturated carbocycles. The van der Waals surface area contributed by atoms with E-state index in [0.29, 0.717) is 33.4 Å². The minimum absolute atomic E-state index is 0.519. The Bertz CT molecular complexity index is 525. The van der Waals surface area contributed by atoms with Crippen molar-refractivity contribution in [2.24, 2.45) is 0 Å². The molecule has 1 aromatic carbocycles. The predicted molar refractivity (Wildman–Crippen MR) is 63.7 cm³/mol. The van der Waals surface area contributed by atoms with E-state index in [1.165, 1.54) is 0 Å². The van der Waals surface area contributed by atoms with Crippen molar-refractivity contribution in [1.82, 2.24) is 10.2 Å². The van der Waals surface area contributed by atoms with E-state index in [2.05, 4.69) is 15.5 Å². The van der Waals surface area contributed by atoms with Crippen LogP contribution >= 0.6 is 23.2 Å². The second kappa shape index (κ2) is 4.55. The molecule has 2 N–H and O–H groups in total. The molecule has 0 atom stereocenters. The van der Waals surface area contributed by atoms with Crippen molar-refractivity contribution in [3.8, 4) is 11.3 Å². The van der Waals surface area contributed by atoms with Crippen LogP contribution in [-0.4, -0.2) is 16.6 Å². The van der Waals surface area contributed by atoms with E-state index < -0.39 is 0 Å². The first-order chi connectivity index (χ1) is 7.72. The molecule has 2 aromatic rings. The Morgan fingerprint density at radius 3 is 2.94 bits per heavy atom. The van der Waals surface area contributed by atoms with Gasteiger partial charge in [0.1, 0.15) is 5.69 Å². The summed E-state index contributed by atoms with van der Waals surface area (Å²) in [6.45, 7) is 0. The van der Waals surface area contributed by atoms with Crippen LogP contribution in [-0.2, 0) is 4.79 Å². The van der Waals surface area contributed by atoms with Crippen LogP contribution in [0.15, 0.2) is 24.4 Å². The molecule has 0 bridgehead atoms. The minimum atomic E-state index is 0.519. The number of nitrogens with one attached hydrogen (secondary N) is 2. The summed E-state index contributed by atoms with van der Waals surface area (Å²) in [7, 11) is 0. The highest BCUT2D eigenvalue weighted by Gasteiger charge is 2.11. The lowest BCUT2D eigenvalue weighted by Crippen LogP contribution is -1.94. The summed E-state index contributed by atoms with van der Waals surface area (Å²) in [5.74, 6) is 0. The summed E-state index contributed by atoms with van der Waals surface area (Å²) in [5, 5.41) is 10.3. The van der Waals surface area contributed by atoms with E-state index in [0.717, 1.165) is 0 Å². The molecule has 6 heteroatoms. The van der Waals surface area contributed by atoms with Gasteiger partial charge in [-0.2, -0.15) is 5.10 Å². The lowest BCUT2D eigenvalue weighted by Gasteiger charge is -2.03. The molecule has 0 aliphatic heterocycles. The first kappa shape index (κ1) is 11.0. The topological polar surface area (TPSA) is 57.8 Å². The number of anilines is 1. The number of nitrogens with zero attached hydrogens (tertiary/aromatic N) is 1. The number of amides is 1. The monoisotopic (exact) mass is 255 g/mol. The number of rotatable bonds is 3. The second-order valence-electron chi connectivity index (χ2n) is 3.03. The van der Waals surface area contributed by atoms with Gasteiger partial charge in [0.05, 0.1) is 10.7 Å². The van der Waals surface area contributed by atoms with Gasteiger partial charge in [-0.15, -0.1) is 0 Å². The highest BCUT2D eigenvalue weighted by Crippen LogP contribution is 2.33. The van der Waals surface area contributed by atoms with E-state index in [-0.39, 0.29) is 0 Å². The predicted octanol–water partition coefficient (Wildman–Crippen LogP) is 2.95. The number of halogens is 2. The van der Waals surface area contributed by atoms with Gasteiger partial charge in [0.2, 0.25) is 6.41 Å². The molecule has 0 radical (unpaired) electrons. The molecule has 0 fully saturated rings. The van der Waals surface area contributed by atoms with Crippen molar-refractivity contribution >= 4 is 35.3 Å². The summed E-state index contributed by atoms with van der Waals surface area (Å²) in [6, 6.07) is 5.06. The van der Waals surface area contributed by atoms with Gasteiger partial charge < -0.3 is 5.32 Å². The second-order valence-corrected chi connectivity index (χ2v) is 3.88. The smallest absolute Gasteiger partial charge is 0.211 e. The van der Waals surface area contributed by atoms with Crippen LogP contribution in [0, 0.1) is 0 Å². The molecular weight excluding hydrogens is 249 g/mol. The first-order valence-corrected chi connectivity index (χ1v) is 5.17. The molecule has 1 heterocycles. The Balaban J connectivity index is 2.53. The van der Waals surface area contributed by atoms with Crippen LogP contribution < -0.4 is 5.32 Å². The molecule has 1 aromatic heterocycles. The normalized spacial score (nSPS) is 10.1. The molecule has 0 spiro atoms. The summed E-state index contributed by atoms with van der Waals surface area (Å²) in [5.41, 5.74) is 1.78. The highest BCUT2D eigenvalue weighted by atomic mass is 35.5. The molecule has 0 unspecified atom stereocenters. The van der Waals surface area contributed by atoms with Gasteiger partial charge in [-0.25, -0.2) is 0 Å². The van der Waals surface area contributed by atoms with Crippen LogP contribution in [0.4, 0.5) is 5.69 Å². The van der Waals surface area contributed by atoms with Crippen molar-refractivity contribution in [1.29, 1.82) is 0 Å². The first-order valence-electron chi connectivity index (χ1n) is 4.41. The molecule has 16 heavy (non-hydrogen) atoms. The Morgan fingerprint density at radius 2 is 2.19 bits per heavy atom. The Kier molecular flexibility index (Phi) is 3.12. The third kappa shape index (κ3) is 2.03. The highest BCUT2D eigenvalue weighted by molar-refractivity contribution is 6.35. The Morgan fingerprint density at radius 1 is 1.38 bits per heavy atom. The van der Waals surface area contributed by atoms with E-state index in [4.69, 9.17) is 23.2 Å². The fourth-order valence-corrected chi connectivity index (χ4v) is 1.73. The van der Waals surface area contributed by atoms with Crippen LogP contribution in [0.5, 0.6) is 0 Å². The van der Waals surface area contributed by atoms with Gasteiger partial charge in [0.25, 0.3) is 0 Å². The Labute approximate surface area is 102 Å². The quantitative estimate of drug-likeness (QED) is 0.829. The van der Waals surface area contributed by atoms with Gasteiger partial charge in [0.15, 0.2) is 0 Å². The van der Waals surface area contributed by atoms with Gasteiger partial charge in [0, 0.05) is 16.8 Å². The third-order valence-electron chi connectivity index (χ3n) is 2.04. The van der Waals surface area contributed by atoms with Crippen molar-refractivity contribution in [2.75, 3.05) is 5.32 Å². The van der Waals surface area contributed by atoms with E-state index >= 15 is 0 Å². The average molecular weight is 256 g/mol. The minimum Gasteiger partial charge on any atom is -0.326 e. The Hall–Kier alpha value is -1.52. The number of H-pyrrole nitrogens is 1. The van der Waals surface area contributed by atoms with Crippen LogP contribution in [0.2, 0.25) is 10.0 Å². The maximum absolute atomic E-state index is 10.4. The maximum Gasteiger partial charge on any atom is 0.211 e. The molecule has 4 nitrogen and oxygen atoms in total. The molecule has 0 saturated heterocycles. The van der Waals surface area contributed by atoms with Crippen molar-refractivity contribution in [3.05, 3.63) is 34.4 Å². The van der Waals surface area contributed by atoms with Crippen molar-refractivity contribution in [3.63, 3.8) is 0 Å². The van der Waals surface area contributed by atoms with Gasteiger partial charge in [-0.05, 0) is 18.2 Å². The standard InChI is InChI=1S/C10H7Cl2N3O/c11-6-1-2-8(12)7(3-6)10-9(13-5-16)4-14-15-10/h1-5H,(H,13,16)(H,14,15). The zero-order valence-electron chi connectivity index (χ0n) is 8.00. The molecule has 82 valence electrons. The average Bonchev–Trinajstić information content (AvgIpc) is 2.70. The summed E-state index contributed by atoms with van der Waals surface area (Å²) >= 11 is 11.9. The van der Waals surface area contributed by atoms with E-state index in [1.807, 2.05) is 0 Å². The number of carbonyl (C=O) groups excluding carboxylic acids is 1. The fourth-order valence-electron chi connectivity index (χ4n) is 1.35. The van der Waals surface area contributed by atoms with Crippen LogP contribution in [0.3, 0.4) is 0 Å². The summed E-state index contributed by atoms with van der Waals surface area (Å²) in [6.07, 6.45) is 2.15. The fraction of sp³-hybridized carbons (Fsp3) is 0. The summed E-state index contributed by atoms with van der Waals surface area (Å²) < 4.78 is 0. The van der Waals surface area contributed by atoms with Crippen molar-refractivity contribution < 1.29 is 4.79 Å².